The van der Waals surface area contributed by atoms with Crippen LogP contribution in [0.15, 0.2) is 29.2 Å². The third kappa shape index (κ3) is 4.40. The Morgan fingerprint density at radius 3 is 2.39 bits per heavy atom. The van der Waals surface area contributed by atoms with Gasteiger partial charge in [0.05, 0.1) is 11.5 Å². The molecule has 1 aromatic carbocycles. The van der Waals surface area contributed by atoms with E-state index in [1.54, 1.807) is 24.3 Å². The van der Waals surface area contributed by atoms with Crippen molar-refractivity contribution in [3.8, 4) is 0 Å². The van der Waals surface area contributed by atoms with Gasteiger partial charge in [0.1, 0.15) is 0 Å². The fourth-order valence-corrected chi connectivity index (χ4v) is 2.90. The SMILES string of the molecule is CCCCC(CO)NS(=O)(=O)c1ccc(C)cc1. The molecule has 5 heteroatoms. The van der Waals surface area contributed by atoms with Crippen LogP contribution in [0.4, 0.5) is 0 Å². The third-order valence-electron chi connectivity index (χ3n) is 2.78. The summed E-state index contributed by atoms with van der Waals surface area (Å²) in [4.78, 5) is 0.239. The Kier molecular flexibility index (Phi) is 5.78. The maximum atomic E-state index is 12.1. The molecule has 1 atom stereocenters. The lowest BCUT2D eigenvalue weighted by Gasteiger charge is -2.16. The van der Waals surface area contributed by atoms with Gasteiger partial charge in [-0.1, -0.05) is 37.5 Å². The Labute approximate surface area is 109 Å². The van der Waals surface area contributed by atoms with Gasteiger partial charge < -0.3 is 5.11 Å². The maximum Gasteiger partial charge on any atom is 0.240 e. The number of hydrogen-bond donors (Lipinski definition) is 2. The van der Waals surface area contributed by atoms with E-state index in [4.69, 9.17) is 0 Å². The molecule has 0 spiro atoms. The Balaban J connectivity index is 2.77. The number of aliphatic hydroxyl groups excluding tert-OH is 1. The molecule has 18 heavy (non-hydrogen) atoms. The highest BCUT2D eigenvalue weighted by atomic mass is 32.2. The van der Waals surface area contributed by atoms with Crippen molar-refractivity contribution >= 4 is 10.0 Å². The van der Waals surface area contributed by atoms with Crippen LogP contribution < -0.4 is 4.72 Å². The molecule has 1 rings (SSSR count). The molecular formula is C13H21NO3S. The number of benzene rings is 1. The van der Waals surface area contributed by atoms with Crippen molar-refractivity contribution < 1.29 is 13.5 Å². The smallest absolute Gasteiger partial charge is 0.240 e. The van der Waals surface area contributed by atoms with Crippen molar-refractivity contribution in [2.45, 2.75) is 44.0 Å². The molecule has 0 bridgehead atoms. The van der Waals surface area contributed by atoms with Gasteiger partial charge in [0.25, 0.3) is 0 Å². The first-order valence-electron chi connectivity index (χ1n) is 6.19. The molecule has 0 aliphatic rings. The molecule has 102 valence electrons. The van der Waals surface area contributed by atoms with E-state index < -0.39 is 16.1 Å². The zero-order chi connectivity index (χ0) is 13.6. The van der Waals surface area contributed by atoms with E-state index in [0.717, 1.165) is 18.4 Å². The summed E-state index contributed by atoms with van der Waals surface area (Å²) in [6, 6.07) is 6.26. The van der Waals surface area contributed by atoms with Gasteiger partial charge in [0.15, 0.2) is 0 Å². The van der Waals surface area contributed by atoms with Crippen LogP contribution in [-0.4, -0.2) is 26.2 Å². The first-order chi connectivity index (χ1) is 8.49. The molecule has 0 aromatic heterocycles. The summed E-state index contributed by atoms with van der Waals surface area (Å²) >= 11 is 0. The maximum absolute atomic E-state index is 12.1. The highest BCUT2D eigenvalue weighted by molar-refractivity contribution is 7.89. The molecule has 2 N–H and O–H groups in total. The molecule has 1 unspecified atom stereocenters. The summed E-state index contributed by atoms with van der Waals surface area (Å²) in [5.74, 6) is 0. The number of unbranched alkanes of at least 4 members (excludes halogenated alkanes) is 1. The van der Waals surface area contributed by atoms with Crippen molar-refractivity contribution in [3.05, 3.63) is 29.8 Å². The fourth-order valence-electron chi connectivity index (χ4n) is 1.64. The summed E-state index contributed by atoms with van der Waals surface area (Å²) in [7, 11) is -3.53. The molecule has 0 amide bonds. The van der Waals surface area contributed by atoms with E-state index in [2.05, 4.69) is 4.72 Å². The number of nitrogens with one attached hydrogen (secondary N) is 1. The van der Waals surface area contributed by atoms with E-state index in [1.807, 2.05) is 13.8 Å². The molecule has 0 fully saturated rings. The average molecular weight is 271 g/mol. The summed E-state index contributed by atoms with van der Waals surface area (Å²) in [6.07, 6.45) is 2.52. The number of rotatable bonds is 7. The van der Waals surface area contributed by atoms with E-state index in [0.29, 0.717) is 6.42 Å². The molecule has 0 heterocycles. The standard InChI is InChI=1S/C13H21NO3S/c1-3-4-5-12(10-15)14-18(16,17)13-8-6-11(2)7-9-13/h6-9,12,14-15H,3-5,10H2,1-2H3. The average Bonchev–Trinajstić information content (AvgIpc) is 2.35. The third-order valence-corrected chi connectivity index (χ3v) is 4.32. The lowest BCUT2D eigenvalue weighted by molar-refractivity contribution is 0.248. The van der Waals surface area contributed by atoms with Gasteiger partial charge in [-0.05, 0) is 25.5 Å². The van der Waals surface area contributed by atoms with Crippen molar-refractivity contribution in [1.82, 2.24) is 4.72 Å². The molecule has 0 saturated heterocycles. The topological polar surface area (TPSA) is 66.4 Å². The van der Waals surface area contributed by atoms with Gasteiger partial charge in [-0.25, -0.2) is 13.1 Å². The van der Waals surface area contributed by atoms with Crippen LogP contribution >= 0.6 is 0 Å². The fraction of sp³-hybridized carbons (Fsp3) is 0.538. The Bertz CT molecular complexity index is 454. The van der Waals surface area contributed by atoms with Gasteiger partial charge in [-0.15, -0.1) is 0 Å². The normalized spacial score (nSPS) is 13.5. The Hall–Kier alpha value is -0.910. The second-order valence-corrected chi connectivity index (χ2v) is 6.17. The van der Waals surface area contributed by atoms with Crippen molar-refractivity contribution in [3.63, 3.8) is 0 Å². The lowest BCUT2D eigenvalue weighted by Crippen LogP contribution is -2.37. The molecule has 0 saturated carbocycles. The number of aliphatic hydroxyl groups is 1. The van der Waals surface area contributed by atoms with Crippen LogP contribution in [0.5, 0.6) is 0 Å². The Morgan fingerprint density at radius 1 is 1.28 bits per heavy atom. The van der Waals surface area contributed by atoms with Gasteiger partial charge in [-0.3, -0.25) is 0 Å². The zero-order valence-electron chi connectivity index (χ0n) is 10.9. The molecule has 0 aliphatic heterocycles. The minimum Gasteiger partial charge on any atom is -0.395 e. The summed E-state index contributed by atoms with van der Waals surface area (Å²) < 4.78 is 26.6. The second kappa shape index (κ2) is 6.87. The minimum atomic E-state index is -3.53. The largest absolute Gasteiger partial charge is 0.395 e. The monoisotopic (exact) mass is 271 g/mol. The van der Waals surface area contributed by atoms with Gasteiger partial charge >= 0.3 is 0 Å². The second-order valence-electron chi connectivity index (χ2n) is 4.46. The van der Waals surface area contributed by atoms with E-state index in [1.165, 1.54) is 0 Å². The first kappa shape index (κ1) is 15.1. The molecule has 0 aliphatic carbocycles. The van der Waals surface area contributed by atoms with Crippen LogP contribution in [0.3, 0.4) is 0 Å². The van der Waals surface area contributed by atoms with Crippen LogP contribution in [-0.2, 0) is 10.0 Å². The summed E-state index contributed by atoms with van der Waals surface area (Å²) in [6.45, 7) is 3.76. The van der Waals surface area contributed by atoms with Crippen LogP contribution in [0, 0.1) is 6.92 Å². The quantitative estimate of drug-likeness (QED) is 0.795. The molecular weight excluding hydrogens is 250 g/mol. The predicted octanol–water partition coefficient (Wildman–Crippen LogP) is 1.82. The molecule has 0 radical (unpaired) electrons. The minimum absolute atomic E-state index is 0.176. The number of sulfonamides is 1. The number of hydrogen-bond acceptors (Lipinski definition) is 3. The first-order valence-corrected chi connectivity index (χ1v) is 7.67. The van der Waals surface area contributed by atoms with Gasteiger partial charge in [-0.2, -0.15) is 0 Å². The molecule has 1 aromatic rings. The lowest BCUT2D eigenvalue weighted by atomic mass is 10.1. The van der Waals surface area contributed by atoms with E-state index in [9.17, 15) is 13.5 Å². The van der Waals surface area contributed by atoms with Crippen LogP contribution in [0.1, 0.15) is 31.7 Å². The predicted molar refractivity (Wildman–Crippen MR) is 71.9 cm³/mol. The zero-order valence-corrected chi connectivity index (χ0v) is 11.7. The summed E-state index contributed by atoms with van der Waals surface area (Å²) in [5, 5.41) is 9.18. The molecule has 4 nitrogen and oxygen atoms in total. The van der Waals surface area contributed by atoms with Gasteiger partial charge in [0, 0.05) is 6.04 Å². The van der Waals surface area contributed by atoms with Crippen molar-refractivity contribution in [2.24, 2.45) is 0 Å². The van der Waals surface area contributed by atoms with Crippen molar-refractivity contribution in [1.29, 1.82) is 0 Å². The Morgan fingerprint density at radius 2 is 1.89 bits per heavy atom. The highest BCUT2D eigenvalue weighted by Gasteiger charge is 2.18. The van der Waals surface area contributed by atoms with Crippen molar-refractivity contribution in [2.75, 3.05) is 6.61 Å². The van der Waals surface area contributed by atoms with Gasteiger partial charge in [0.2, 0.25) is 10.0 Å². The highest BCUT2D eigenvalue weighted by Crippen LogP contribution is 2.12. The van der Waals surface area contributed by atoms with Crippen LogP contribution in [0.25, 0.3) is 0 Å². The van der Waals surface area contributed by atoms with Crippen LogP contribution in [0.2, 0.25) is 0 Å². The van der Waals surface area contributed by atoms with E-state index in [-0.39, 0.29) is 11.5 Å². The number of aryl methyl sites for hydroxylation is 1. The van der Waals surface area contributed by atoms with E-state index >= 15 is 0 Å². The summed E-state index contributed by atoms with van der Waals surface area (Å²) in [5.41, 5.74) is 1.01.